The van der Waals surface area contributed by atoms with Crippen molar-refractivity contribution >= 4 is 27.3 Å². The first kappa shape index (κ1) is 20.0. The van der Waals surface area contributed by atoms with Gasteiger partial charge in [0.25, 0.3) is 0 Å². The maximum absolute atomic E-state index is 13.6. The fraction of sp³-hybridized carbons (Fsp3) is 0.278. The molecule has 0 bridgehead atoms. The standard InChI is InChI=1S/C18H19F2N3O4S/c1-27-17-7-5-13(28(25,26)23-12-3-4-12)9-16(17)21-10-18(24)22-15-8-11(19)2-6-14(15)20/h2,5-9,12,21,23H,3-4,10H2,1H3,(H,22,24). The summed E-state index contributed by atoms with van der Waals surface area (Å²) in [6.07, 6.45) is 1.61. The van der Waals surface area contributed by atoms with Crippen molar-refractivity contribution in [3.05, 3.63) is 48.0 Å². The van der Waals surface area contributed by atoms with Crippen LogP contribution in [0.4, 0.5) is 20.2 Å². The lowest BCUT2D eigenvalue weighted by atomic mass is 10.2. The number of methoxy groups -OCH3 is 1. The van der Waals surface area contributed by atoms with E-state index in [0.717, 1.165) is 31.0 Å². The van der Waals surface area contributed by atoms with Crippen molar-refractivity contribution in [2.24, 2.45) is 0 Å². The molecule has 1 amide bonds. The van der Waals surface area contributed by atoms with Gasteiger partial charge in [-0.15, -0.1) is 0 Å². The van der Waals surface area contributed by atoms with Crippen LogP contribution >= 0.6 is 0 Å². The molecule has 1 aliphatic rings. The van der Waals surface area contributed by atoms with Gasteiger partial charge < -0.3 is 15.4 Å². The summed E-state index contributed by atoms with van der Waals surface area (Å²) in [6, 6.07) is 6.88. The minimum Gasteiger partial charge on any atom is -0.495 e. The smallest absolute Gasteiger partial charge is 0.243 e. The number of hydrogen-bond acceptors (Lipinski definition) is 5. The molecule has 1 aliphatic carbocycles. The van der Waals surface area contributed by atoms with Gasteiger partial charge in [-0.05, 0) is 43.2 Å². The fourth-order valence-electron chi connectivity index (χ4n) is 2.44. The number of nitrogens with one attached hydrogen (secondary N) is 3. The second-order valence-electron chi connectivity index (χ2n) is 6.28. The van der Waals surface area contributed by atoms with Gasteiger partial charge in [0.05, 0.1) is 29.9 Å². The highest BCUT2D eigenvalue weighted by atomic mass is 32.2. The van der Waals surface area contributed by atoms with Crippen LogP contribution in [0.2, 0.25) is 0 Å². The first-order valence-corrected chi connectivity index (χ1v) is 9.96. The lowest BCUT2D eigenvalue weighted by Gasteiger charge is -2.14. The van der Waals surface area contributed by atoms with Crippen LogP contribution in [-0.4, -0.2) is 34.0 Å². The van der Waals surface area contributed by atoms with E-state index >= 15 is 0 Å². The number of ether oxygens (including phenoxy) is 1. The van der Waals surface area contributed by atoms with E-state index in [2.05, 4.69) is 15.4 Å². The second-order valence-corrected chi connectivity index (χ2v) is 8.00. The Kier molecular flexibility index (Phi) is 5.80. The number of benzene rings is 2. The predicted octanol–water partition coefficient (Wildman–Crippen LogP) is 2.46. The normalized spacial score (nSPS) is 13.8. The molecule has 2 aromatic rings. The molecule has 1 fully saturated rings. The number of carbonyl (C=O) groups is 1. The lowest BCUT2D eigenvalue weighted by Crippen LogP contribution is -2.26. The van der Waals surface area contributed by atoms with Crippen molar-refractivity contribution in [1.82, 2.24) is 4.72 Å². The molecular weight excluding hydrogens is 392 g/mol. The Labute approximate surface area is 161 Å². The predicted molar refractivity (Wildman–Crippen MR) is 99.8 cm³/mol. The third-order valence-electron chi connectivity index (χ3n) is 4.02. The first-order chi connectivity index (χ1) is 13.3. The Morgan fingerprint density at radius 1 is 1.14 bits per heavy atom. The Hall–Kier alpha value is -2.72. The van der Waals surface area contributed by atoms with Crippen LogP contribution in [-0.2, 0) is 14.8 Å². The molecule has 0 atom stereocenters. The van der Waals surface area contributed by atoms with Crippen molar-refractivity contribution in [3.63, 3.8) is 0 Å². The molecule has 7 nitrogen and oxygen atoms in total. The SMILES string of the molecule is COc1ccc(S(=O)(=O)NC2CC2)cc1NCC(=O)Nc1cc(F)ccc1F. The third kappa shape index (κ3) is 4.96. The zero-order chi connectivity index (χ0) is 20.3. The maximum atomic E-state index is 13.6. The average Bonchev–Trinajstić information content (AvgIpc) is 3.46. The number of amides is 1. The molecule has 3 rings (SSSR count). The Balaban J connectivity index is 1.71. The van der Waals surface area contributed by atoms with Gasteiger partial charge in [-0.25, -0.2) is 21.9 Å². The van der Waals surface area contributed by atoms with Gasteiger partial charge in [0.1, 0.15) is 17.4 Å². The van der Waals surface area contributed by atoms with Crippen LogP contribution in [0.25, 0.3) is 0 Å². The van der Waals surface area contributed by atoms with Crippen LogP contribution < -0.4 is 20.1 Å². The van der Waals surface area contributed by atoms with Crippen LogP contribution in [0, 0.1) is 11.6 Å². The van der Waals surface area contributed by atoms with E-state index in [-0.39, 0.29) is 28.9 Å². The van der Waals surface area contributed by atoms with Crippen molar-refractivity contribution < 1.29 is 26.7 Å². The quantitative estimate of drug-likeness (QED) is 0.620. The Morgan fingerprint density at radius 2 is 1.89 bits per heavy atom. The molecule has 1 saturated carbocycles. The van der Waals surface area contributed by atoms with E-state index < -0.39 is 27.6 Å². The van der Waals surface area contributed by atoms with Crippen molar-refractivity contribution in [2.45, 2.75) is 23.8 Å². The molecule has 0 spiro atoms. The summed E-state index contributed by atoms with van der Waals surface area (Å²) in [5.41, 5.74) is -0.0141. The minimum atomic E-state index is -3.68. The largest absolute Gasteiger partial charge is 0.495 e. The molecule has 0 saturated heterocycles. The molecule has 150 valence electrons. The minimum absolute atomic E-state index is 0.0271. The van der Waals surface area contributed by atoms with E-state index in [9.17, 15) is 22.0 Å². The zero-order valence-corrected chi connectivity index (χ0v) is 15.8. The zero-order valence-electron chi connectivity index (χ0n) is 15.0. The summed E-state index contributed by atoms with van der Waals surface area (Å²) < 4.78 is 59.2. The summed E-state index contributed by atoms with van der Waals surface area (Å²) in [6.45, 7) is -0.314. The van der Waals surface area contributed by atoms with Gasteiger partial charge >= 0.3 is 0 Å². The number of rotatable bonds is 8. The first-order valence-electron chi connectivity index (χ1n) is 8.47. The average molecular weight is 411 g/mol. The van der Waals surface area contributed by atoms with E-state index in [1.807, 2.05) is 0 Å². The number of sulfonamides is 1. The molecule has 2 aromatic carbocycles. The molecule has 0 aromatic heterocycles. The van der Waals surface area contributed by atoms with Gasteiger partial charge in [-0.3, -0.25) is 4.79 Å². The summed E-state index contributed by atoms with van der Waals surface area (Å²) in [7, 11) is -2.28. The Bertz CT molecular complexity index is 994. The molecular formula is C18H19F2N3O4S. The number of halogens is 2. The molecule has 28 heavy (non-hydrogen) atoms. The number of anilines is 2. The fourth-order valence-corrected chi connectivity index (χ4v) is 3.78. The summed E-state index contributed by atoms with van der Waals surface area (Å²) in [5.74, 6) is -1.77. The van der Waals surface area contributed by atoms with E-state index in [1.165, 1.54) is 25.3 Å². The van der Waals surface area contributed by atoms with E-state index in [4.69, 9.17) is 4.74 Å². The maximum Gasteiger partial charge on any atom is 0.243 e. The summed E-state index contributed by atoms with van der Waals surface area (Å²) >= 11 is 0. The monoisotopic (exact) mass is 411 g/mol. The highest BCUT2D eigenvalue weighted by Crippen LogP contribution is 2.29. The second kappa shape index (κ2) is 8.11. The summed E-state index contributed by atoms with van der Waals surface area (Å²) in [5, 5.41) is 5.00. The van der Waals surface area contributed by atoms with Crippen LogP contribution in [0.15, 0.2) is 41.3 Å². The summed E-state index contributed by atoms with van der Waals surface area (Å²) in [4.78, 5) is 12.1. The number of carbonyl (C=O) groups excluding carboxylic acids is 1. The Morgan fingerprint density at radius 3 is 2.57 bits per heavy atom. The van der Waals surface area contributed by atoms with Crippen molar-refractivity contribution in [2.75, 3.05) is 24.3 Å². The van der Waals surface area contributed by atoms with Gasteiger partial charge in [0.2, 0.25) is 15.9 Å². The molecule has 0 unspecified atom stereocenters. The van der Waals surface area contributed by atoms with Gasteiger partial charge in [-0.2, -0.15) is 0 Å². The molecule has 0 aliphatic heterocycles. The molecule has 10 heteroatoms. The number of hydrogen-bond donors (Lipinski definition) is 3. The van der Waals surface area contributed by atoms with Crippen LogP contribution in [0.5, 0.6) is 5.75 Å². The highest BCUT2D eigenvalue weighted by molar-refractivity contribution is 7.89. The van der Waals surface area contributed by atoms with Crippen molar-refractivity contribution in [1.29, 1.82) is 0 Å². The third-order valence-corrected chi connectivity index (χ3v) is 5.54. The van der Waals surface area contributed by atoms with Crippen LogP contribution in [0.3, 0.4) is 0 Å². The molecule has 0 radical (unpaired) electrons. The lowest BCUT2D eigenvalue weighted by molar-refractivity contribution is -0.114. The molecule has 0 heterocycles. The van der Waals surface area contributed by atoms with Gasteiger partial charge in [0, 0.05) is 12.1 Å². The van der Waals surface area contributed by atoms with Gasteiger partial charge in [0.15, 0.2) is 0 Å². The van der Waals surface area contributed by atoms with Gasteiger partial charge in [-0.1, -0.05) is 0 Å². The van der Waals surface area contributed by atoms with E-state index in [1.54, 1.807) is 0 Å². The topological polar surface area (TPSA) is 96.5 Å². The van der Waals surface area contributed by atoms with Crippen LogP contribution in [0.1, 0.15) is 12.8 Å². The van der Waals surface area contributed by atoms with Crippen molar-refractivity contribution in [3.8, 4) is 5.75 Å². The highest BCUT2D eigenvalue weighted by Gasteiger charge is 2.28. The molecule has 3 N–H and O–H groups in total. The van der Waals surface area contributed by atoms with E-state index in [0.29, 0.717) is 5.75 Å².